The molecule has 0 unspecified atom stereocenters. The molecule has 1 amide bonds. The summed E-state index contributed by atoms with van der Waals surface area (Å²) in [5.41, 5.74) is 5.89. The molecule has 1 aromatic heterocycles. The first-order valence-electron chi connectivity index (χ1n) is 8.76. The molecule has 4 aromatic rings. The summed E-state index contributed by atoms with van der Waals surface area (Å²) in [6, 6.07) is 23.2. The number of aromatic nitrogens is 2. The second kappa shape index (κ2) is 7.66. The SMILES string of the molecule is C/C(=N/NC(=O)c1cc(-c2ccc3ccccc3c2)n[nH]1)c1ccccc1Cl. The molecule has 6 heteroatoms. The Balaban J connectivity index is 1.52. The molecule has 0 atom stereocenters. The van der Waals surface area contributed by atoms with Gasteiger partial charge in [0.1, 0.15) is 5.69 Å². The van der Waals surface area contributed by atoms with E-state index in [0.29, 0.717) is 22.1 Å². The Bertz CT molecular complexity index is 1200. The van der Waals surface area contributed by atoms with Gasteiger partial charge in [-0.1, -0.05) is 66.2 Å². The summed E-state index contributed by atoms with van der Waals surface area (Å²) in [5.74, 6) is -0.369. The first-order chi connectivity index (χ1) is 13.6. The molecule has 28 heavy (non-hydrogen) atoms. The highest BCUT2D eigenvalue weighted by molar-refractivity contribution is 6.34. The summed E-state index contributed by atoms with van der Waals surface area (Å²) in [4.78, 5) is 12.4. The van der Waals surface area contributed by atoms with Crippen LogP contribution >= 0.6 is 11.6 Å². The summed E-state index contributed by atoms with van der Waals surface area (Å²) in [6.07, 6.45) is 0. The van der Waals surface area contributed by atoms with Crippen LogP contribution in [0.3, 0.4) is 0 Å². The summed E-state index contributed by atoms with van der Waals surface area (Å²) in [7, 11) is 0. The Labute approximate surface area is 167 Å². The topological polar surface area (TPSA) is 70.1 Å². The number of nitrogens with one attached hydrogen (secondary N) is 2. The highest BCUT2D eigenvalue weighted by Crippen LogP contribution is 2.23. The number of fused-ring (bicyclic) bond motifs is 1. The van der Waals surface area contributed by atoms with Gasteiger partial charge in [0.25, 0.3) is 5.91 Å². The zero-order valence-electron chi connectivity index (χ0n) is 15.1. The average molecular weight is 389 g/mol. The van der Waals surface area contributed by atoms with Crippen LogP contribution in [0.4, 0.5) is 0 Å². The van der Waals surface area contributed by atoms with Crippen LogP contribution in [0.25, 0.3) is 22.0 Å². The number of carbonyl (C=O) groups excluding carboxylic acids is 1. The van der Waals surface area contributed by atoms with E-state index in [4.69, 9.17) is 11.6 Å². The lowest BCUT2D eigenvalue weighted by Crippen LogP contribution is -2.19. The highest BCUT2D eigenvalue weighted by atomic mass is 35.5. The minimum absolute atomic E-state index is 0.332. The number of hydrogen-bond acceptors (Lipinski definition) is 3. The molecule has 2 N–H and O–H groups in total. The first-order valence-corrected chi connectivity index (χ1v) is 9.14. The number of hydrogen-bond donors (Lipinski definition) is 2. The summed E-state index contributed by atoms with van der Waals surface area (Å²) in [6.45, 7) is 1.79. The van der Waals surface area contributed by atoms with Crippen molar-refractivity contribution in [3.8, 4) is 11.3 Å². The van der Waals surface area contributed by atoms with E-state index in [-0.39, 0.29) is 5.91 Å². The molecule has 0 aliphatic carbocycles. The van der Waals surface area contributed by atoms with Crippen LogP contribution < -0.4 is 5.43 Å². The lowest BCUT2D eigenvalue weighted by atomic mass is 10.1. The van der Waals surface area contributed by atoms with Crippen molar-refractivity contribution in [1.82, 2.24) is 15.6 Å². The molecule has 1 heterocycles. The lowest BCUT2D eigenvalue weighted by molar-refractivity contribution is 0.0950. The number of amides is 1. The fraction of sp³-hybridized carbons (Fsp3) is 0.0455. The van der Waals surface area contributed by atoms with Crippen LogP contribution in [0, 0.1) is 0 Å². The number of halogens is 1. The molecule has 0 aliphatic rings. The number of aromatic amines is 1. The number of rotatable bonds is 4. The minimum Gasteiger partial charge on any atom is -0.272 e. The van der Waals surface area contributed by atoms with Crippen LogP contribution in [-0.4, -0.2) is 21.8 Å². The van der Waals surface area contributed by atoms with Crippen LogP contribution in [0.1, 0.15) is 23.0 Å². The van der Waals surface area contributed by atoms with Gasteiger partial charge in [-0.3, -0.25) is 9.89 Å². The summed E-state index contributed by atoms with van der Waals surface area (Å²) < 4.78 is 0. The van der Waals surface area contributed by atoms with Gasteiger partial charge in [0.15, 0.2) is 0 Å². The predicted molar refractivity (Wildman–Crippen MR) is 113 cm³/mol. The molecule has 0 saturated heterocycles. The monoisotopic (exact) mass is 388 g/mol. The molecule has 5 nitrogen and oxygen atoms in total. The van der Waals surface area contributed by atoms with Crippen LogP contribution in [0.5, 0.6) is 0 Å². The van der Waals surface area contributed by atoms with Crippen molar-refractivity contribution in [3.63, 3.8) is 0 Å². The van der Waals surface area contributed by atoms with E-state index in [1.807, 2.05) is 54.6 Å². The number of nitrogens with zero attached hydrogens (tertiary/aromatic N) is 2. The molecule has 0 radical (unpaired) electrons. The van der Waals surface area contributed by atoms with Crippen molar-refractivity contribution in [2.45, 2.75) is 6.92 Å². The van der Waals surface area contributed by atoms with E-state index in [1.165, 1.54) is 0 Å². The summed E-state index contributed by atoms with van der Waals surface area (Å²) >= 11 is 6.15. The third-order valence-corrected chi connectivity index (χ3v) is 4.79. The largest absolute Gasteiger partial charge is 0.289 e. The van der Waals surface area contributed by atoms with Crippen molar-refractivity contribution >= 4 is 34.0 Å². The van der Waals surface area contributed by atoms with E-state index in [9.17, 15) is 4.79 Å². The van der Waals surface area contributed by atoms with Crippen LogP contribution in [0.15, 0.2) is 77.9 Å². The van der Waals surface area contributed by atoms with Crippen LogP contribution in [0.2, 0.25) is 5.02 Å². The third-order valence-electron chi connectivity index (χ3n) is 4.46. The van der Waals surface area contributed by atoms with E-state index in [0.717, 1.165) is 21.9 Å². The maximum atomic E-state index is 12.4. The fourth-order valence-corrected chi connectivity index (χ4v) is 3.22. The maximum absolute atomic E-state index is 12.4. The van der Waals surface area contributed by atoms with E-state index < -0.39 is 0 Å². The Morgan fingerprint density at radius 2 is 1.75 bits per heavy atom. The second-order valence-electron chi connectivity index (χ2n) is 6.35. The first kappa shape index (κ1) is 17.9. The van der Waals surface area contributed by atoms with E-state index in [2.05, 4.69) is 26.8 Å². The Morgan fingerprint density at radius 1 is 1.00 bits per heavy atom. The smallest absolute Gasteiger partial charge is 0.272 e. The normalized spacial score (nSPS) is 11.6. The number of H-pyrrole nitrogens is 1. The van der Waals surface area contributed by atoms with Gasteiger partial charge in [0.2, 0.25) is 0 Å². The van der Waals surface area contributed by atoms with Crippen molar-refractivity contribution in [2.75, 3.05) is 0 Å². The highest BCUT2D eigenvalue weighted by Gasteiger charge is 2.11. The average Bonchev–Trinajstić information content (AvgIpc) is 3.22. The predicted octanol–water partition coefficient (Wildman–Crippen LogP) is 5.04. The maximum Gasteiger partial charge on any atom is 0.289 e. The van der Waals surface area contributed by atoms with Crippen molar-refractivity contribution < 1.29 is 4.79 Å². The molecular weight excluding hydrogens is 372 g/mol. The number of benzene rings is 3. The van der Waals surface area contributed by atoms with Gasteiger partial charge in [-0.15, -0.1) is 0 Å². The molecular formula is C22H17ClN4O. The van der Waals surface area contributed by atoms with Crippen molar-refractivity contribution in [2.24, 2.45) is 5.10 Å². The molecule has 3 aromatic carbocycles. The van der Waals surface area contributed by atoms with Crippen molar-refractivity contribution in [3.05, 3.63) is 89.1 Å². The third kappa shape index (κ3) is 3.66. The number of hydrazone groups is 1. The van der Waals surface area contributed by atoms with Crippen molar-refractivity contribution in [1.29, 1.82) is 0 Å². The Hall–Kier alpha value is -3.44. The van der Waals surface area contributed by atoms with Gasteiger partial charge in [-0.05, 0) is 35.9 Å². The molecule has 0 aliphatic heterocycles. The van der Waals surface area contributed by atoms with E-state index in [1.54, 1.807) is 19.1 Å². The zero-order chi connectivity index (χ0) is 19.5. The minimum atomic E-state index is -0.369. The number of carbonyl (C=O) groups is 1. The molecule has 138 valence electrons. The molecule has 4 rings (SSSR count). The van der Waals surface area contributed by atoms with Gasteiger partial charge in [0.05, 0.1) is 11.4 Å². The van der Waals surface area contributed by atoms with Gasteiger partial charge >= 0.3 is 0 Å². The van der Waals surface area contributed by atoms with Crippen LogP contribution in [-0.2, 0) is 0 Å². The molecule has 0 fully saturated rings. The van der Waals surface area contributed by atoms with Gasteiger partial charge in [-0.25, -0.2) is 5.43 Å². The lowest BCUT2D eigenvalue weighted by Gasteiger charge is -2.03. The molecule has 0 spiro atoms. The van der Waals surface area contributed by atoms with Gasteiger partial charge in [0, 0.05) is 16.1 Å². The van der Waals surface area contributed by atoms with E-state index >= 15 is 0 Å². The molecule has 0 bridgehead atoms. The quantitative estimate of drug-likeness (QED) is 0.380. The zero-order valence-corrected chi connectivity index (χ0v) is 15.9. The van der Waals surface area contributed by atoms with Gasteiger partial charge < -0.3 is 0 Å². The Kier molecular flexibility index (Phi) is 4.91. The standard InChI is InChI=1S/C22H17ClN4O/c1-14(18-8-4-5-9-19(18)23)24-27-22(28)21-13-20(25-26-21)17-11-10-15-6-2-3-7-16(15)12-17/h2-13H,1H3,(H,25,26)(H,27,28)/b24-14-. The molecule has 0 saturated carbocycles. The Morgan fingerprint density at radius 3 is 2.57 bits per heavy atom. The summed E-state index contributed by atoms with van der Waals surface area (Å²) in [5, 5.41) is 14.0. The van der Waals surface area contributed by atoms with Gasteiger partial charge in [-0.2, -0.15) is 10.2 Å². The fourth-order valence-electron chi connectivity index (χ4n) is 2.94. The second-order valence-corrected chi connectivity index (χ2v) is 6.75.